The van der Waals surface area contributed by atoms with Crippen LogP contribution in [0.4, 0.5) is 5.69 Å². The van der Waals surface area contributed by atoms with Crippen molar-refractivity contribution in [3.8, 4) is 11.5 Å². The Bertz CT molecular complexity index is 932. The zero-order valence-corrected chi connectivity index (χ0v) is 15.3. The maximum Gasteiger partial charge on any atom is 0.270 e. The molecule has 1 saturated heterocycles. The van der Waals surface area contributed by atoms with E-state index in [0.29, 0.717) is 22.9 Å². The van der Waals surface area contributed by atoms with Gasteiger partial charge in [-0.1, -0.05) is 0 Å². The molecule has 0 bridgehead atoms. The summed E-state index contributed by atoms with van der Waals surface area (Å²) in [5, 5.41) is 2.53. The number of nitrogens with one attached hydrogen (secondary N) is 1. The minimum Gasteiger partial charge on any atom is -0.497 e. The van der Waals surface area contributed by atoms with Gasteiger partial charge in [0.05, 0.1) is 19.9 Å². The minimum absolute atomic E-state index is 0.0180. The molecule has 2 aromatic rings. The molecule has 1 fully saturated rings. The first-order valence-corrected chi connectivity index (χ1v) is 8.12. The Labute approximate surface area is 155 Å². The van der Waals surface area contributed by atoms with Gasteiger partial charge in [0.2, 0.25) is 0 Å². The fourth-order valence-electron chi connectivity index (χ4n) is 2.62. The van der Waals surface area contributed by atoms with E-state index in [-0.39, 0.29) is 10.7 Å². The Kier molecular flexibility index (Phi) is 4.77. The number of carbonyl (C=O) groups excluding carboxylic acids is 2. The van der Waals surface area contributed by atoms with Crippen molar-refractivity contribution in [3.63, 3.8) is 0 Å². The van der Waals surface area contributed by atoms with Crippen LogP contribution in [0.25, 0.3) is 6.08 Å². The summed E-state index contributed by atoms with van der Waals surface area (Å²) in [6.07, 6.45) is 3.35. The maximum atomic E-state index is 13.1. The Morgan fingerprint density at radius 1 is 1.15 bits per heavy atom. The normalized spacial score (nSPS) is 16.0. The van der Waals surface area contributed by atoms with Gasteiger partial charge in [-0.25, -0.2) is 4.90 Å². The molecule has 0 spiro atoms. The van der Waals surface area contributed by atoms with Crippen molar-refractivity contribution >= 4 is 40.9 Å². The third kappa shape index (κ3) is 3.06. The van der Waals surface area contributed by atoms with E-state index < -0.39 is 11.8 Å². The lowest BCUT2D eigenvalue weighted by Crippen LogP contribution is -2.54. The average Bonchev–Trinajstić information content (AvgIpc) is 3.03. The van der Waals surface area contributed by atoms with Gasteiger partial charge >= 0.3 is 0 Å². The smallest absolute Gasteiger partial charge is 0.270 e. The molecule has 8 heteroatoms. The molecule has 1 aromatic carbocycles. The quantitative estimate of drug-likeness (QED) is 0.505. The molecule has 1 N–H and O–H groups in total. The first-order valence-electron chi connectivity index (χ1n) is 7.71. The number of anilines is 1. The molecule has 0 atom stereocenters. The highest BCUT2D eigenvalue weighted by Crippen LogP contribution is 2.34. The molecule has 26 heavy (non-hydrogen) atoms. The van der Waals surface area contributed by atoms with Crippen molar-refractivity contribution in [1.29, 1.82) is 0 Å². The highest BCUT2D eigenvalue weighted by atomic mass is 32.1. The van der Waals surface area contributed by atoms with Crippen molar-refractivity contribution in [1.82, 2.24) is 9.88 Å². The first-order chi connectivity index (χ1) is 12.5. The third-order valence-corrected chi connectivity index (χ3v) is 4.29. The second-order valence-electron chi connectivity index (χ2n) is 5.54. The van der Waals surface area contributed by atoms with Crippen molar-refractivity contribution in [3.05, 3.63) is 47.8 Å². The van der Waals surface area contributed by atoms with Crippen LogP contribution in [0.2, 0.25) is 0 Å². The van der Waals surface area contributed by atoms with Crippen LogP contribution in [0.15, 0.2) is 42.1 Å². The zero-order chi connectivity index (χ0) is 18.8. The number of rotatable bonds is 4. The fraction of sp³-hybridized carbons (Fsp3) is 0.167. The summed E-state index contributed by atoms with van der Waals surface area (Å²) >= 11 is 5.22. The van der Waals surface area contributed by atoms with Crippen LogP contribution < -0.4 is 19.7 Å². The largest absolute Gasteiger partial charge is 0.497 e. The number of aromatic nitrogens is 1. The summed E-state index contributed by atoms with van der Waals surface area (Å²) in [7, 11) is 4.83. The van der Waals surface area contributed by atoms with Gasteiger partial charge in [-0.2, -0.15) is 0 Å². The van der Waals surface area contributed by atoms with Crippen LogP contribution in [-0.2, 0) is 16.6 Å². The van der Waals surface area contributed by atoms with Crippen LogP contribution in [0.3, 0.4) is 0 Å². The minimum atomic E-state index is -0.542. The Balaban J connectivity index is 2.09. The van der Waals surface area contributed by atoms with E-state index in [9.17, 15) is 9.59 Å². The number of carbonyl (C=O) groups is 2. The number of aryl methyl sites for hydroxylation is 1. The van der Waals surface area contributed by atoms with E-state index in [0.717, 1.165) is 0 Å². The summed E-state index contributed by atoms with van der Waals surface area (Å²) in [5.41, 5.74) is 1.08. The van der Waals surface area contributed by atoms with Gasteiger partial charge in [0, 0.05) is 25.0 Å². The van der Waals surface area contributed by atoms with Crippen LogP contribution in [0.1, 0.15) is 5.69 Å². The number of ether oxygens (including phenoxy) is 2. The molecular weight excluding hydrogens is 354 g/mol. The fourth-order valence-corrected chi connectivity index (χ4v) is 2.89. The van der Waals surface area contributed by atoms with Gasteiger partial charge in [0.25, 0.3) is 11.8 Å². The van der Waals surface area contributed by atoms with E-state index >= 15 is 0 Å². The molecule has 0 saturated carbocycles. The Morgan fingerprint density at radius 2 is 1.92 bits per heavy atom. The van der Waals surface area contributed by atoms with E-state index in [1.165, 1.54) is 25.2 Å². The van der Waals surface area contributed by atoms with Crippen LogP contribution in [0, 0.1) is 0 Å². The lowest BCUT2D eigenvalue weighted by molar-refractivity contribution is -0.122. The number of amides is 2. The molecule has 3 rings (SSSR count). The number of benzene rings is 1. The van der Waals surface area contributed by atoms with Gasteiger partial charge in [-0.3, -0.25) is 14.9 Å². The highest BCUT2D eigenvalue weighted by molar-refractivity contribution is 7.80. The van der Waals surface area contributed by atoms with Crippen LogP contribution in [-0.4, -0.2) is 35.7 Å². The summed E-state index contributed by atoms with van der Waals surface area (Å²) in [6, 6.07) is 8.63. The number of methoxy groups -OCH3 is 2. The molecule has 7 nitrogen and oxygen atoms in total. The monoisotopic (exact) mass is 371 g/mol. The molecule has 0 aliphatic carbocycles. The average molecular weight is 371 g/mol. The highest BCUT2D eigenvalue weighted by Gasteiger charge is 2.36. The summed E-state index contributed by atoms with van der Waals surface area (Å²) in [5.74, 6) is -0.122. The molecular formula is C18H17N3O4S. The summed E-state index contributed by atoms with van der Waals surface area (Å²) in [4.78, 5) is 26.6. The Morgan fingerprint density at radius 3 is 2.54 bits per heavy atom. The zero-order valence-electron chi connectivity index (χ0n) is 14.5. The Hall–Kier alpha value is -3.13. The standard InChI is InChI=1S/C18H17N3O4S/c1-20-8-4-5-11(20)9-13-16(22)19-18(26)21(17(13)23)14-10-12(24-2)6-7-15(14)25-3/h4-10H,1-3H3,(H,19,22,26)/b13-9+. The van der Waals surface area contributed by atoms with Crippen LogP contribution >= 0.6 is 12.2 Å². The predicted molar refractivity (Wildman–Crippen MR) is 101 cm³/mol. The molecule has 2 heterocycles. The maximum absolute atomic E-state index is 13.1. The van der Waals surface area contributed by atoms with Gasteiger partial charge in [-0.05, 0) is 42.6 Å². The molecule has 134 valence electrons. The van der Waals surface area contributed by atoms with E-state index in [4.69, 9.17) is 21.7 Å². The number of hydrogen-bond acceptors (Lipinski definition) is 5. The predicted octanol–water partition coefficient (Wildman–Crippen LogP) is 1.87. The van der Waals surface area contributed by atoms with Crippen molar-refractivity contribution < 1.29 is 19.1 Å². The molecule has 1 aromatic heterocycles. The van der Waals surface area contributed by atoms with Gasteiger partial charge in [0.15, 0.2) is 5.11 Å². The molecule has 0 unspecified atom stereocenters. The molecule has 1 aliphatic heterocycles. The molecule has 0 radical (unpaired) electrons. The van der Waals surface area contributed by atoms with E-state index in [1.54, 1.807) is 28.8 Å². The van der Waals surface area contributed by atoms with Gasteiger partial charge < -0.3 is 14.0 Å². The van der Waals surface area contributed by atoms with Crippen molar-refractivity contribution in [2.75, 3.05) is 19.1 Å². The first kappa shape index (κ1) is 17.7. The number of thiocarbonyl (C=S) groups is 1. The third-order valence-electron chi connectivity index (χ3n) is 4.00. The van der Waals surface area contributed by atoms with Gasteiger partial charge in [-0.15, -0.1) is 0 Å². The van der Waals surface area contributed by atoms with Crippen molar-refractivity contribution in [2.45, 2.75) is 0 Å². The summed E-state index contributed by atoms with van der Waals surface area (Å²) in [6.45, 7) is 0. The topological polar surface area (TPSA) is 72.8 Å². The number of hydrogen-bond donors (Lipinski definition) is 1. The van der Waals surface area contributed by atoms with E-state index in [1.807, 2.05) is 19.3 Å². The van der Waals surface area contributed by atoms with Crippen molar-refractivity contribution in [2.24, 2.45) is 7.05 Å². The molecule has 2 amide bonds. The van der Waals surface area contributed by atoms with Gasteiger partial charge in [0.1, 0.15) is 17.1 Å². The second kappa shape index (κ2) is 7.01. The molecule has 1 aliphatic rings. The second-order valence-corrected chi connectivity index (χ2v) is 5.93. The summed E-state index contributed by atoms with van der Waals surface area (Å²) < 4.78 is 12.4. The lowest BCUT2D eigenvalue weighted by atomic mass is 10.1. The lowest BCUT2D eigenvalue weighted by Gasteiger charge is -2.30. The number of nitrogens with zero attached hydrogens (tertiary/aromatic N) is 2. The SMILES string of the molecule is COc1ccc(OC)c(N2C(=O)/C(=C/c3cccn3C)C(=O)NC2=S)c1. The van der Waals surface area contributed by atoms with E-state index in [2.05, 4.69) is 5.32 Å². The van der Waals surface area contributed by atoms with Crippen LogP contribution in [0.5, 0.6) is 11.5 Å².